The Morgan fingerprint density at radius 2 is 1.97 bits per heavy atom. The van der Waals surface area contributed by atoms with Crippen molar-refractivity contribution in [2.75, 3.05) is 24.5 Å². The van der Waals surface area contributed by atoms with E-state index in [1.807, 2.05) is 13.0 Å². The maximum Gasteiger partial charge on any atom is 0.416 e. The molecule has 0 unspecified atom stereocenters. The van der Waals surface area contributed by atoms with Gasteiger partial charge in [-0.1, -0.05) is 30.7 Å². The predicted octanol–water partition coefficient (Wildman–Crippen LogP) is 5.82. The molecule has 1 saturated heterocycles. The second kappa shape index (κ2) is 8.67. The van der Waals surface area contributed by atoms with Crippen molar-refractivity contribution in [1.82, 2.24) is 9.88 Å². The van der Waals surface area contributed by atoms with E-state index in [1.165, 1.54) is 23.5 Å². The molecule has 1 atom stereocenters. The lowest BCUT2D eigenvalue weighted by Gasteiger charge is -2.41. The second-order valence-electron chi connectivity index (χ2n) is 8.21. The molecule has 1 aromatic heterocycles. The zero-order valence-corrected chi connectivity index (χ0v) is 18.4. The number of nitrogens with zero attached hydrogens (tertiary/aromatic N) is 3. The first-order valence-electron chi connectivity index (χ1n) is 10.5. The lowest BCUT2D eigenvalue weighted by atomic mass is 10.0. The number of hydrogen-bond donors (Lipinski definition) is 1. The monoisotopic (exact) mass is 449 g/mol. The molecule has 0 aliphatic carbocycles. The van der Waals surface area contributed by atoms with Crippen LogP contribution < -0.4 is 4.90 Å². The Morgan fingerprint density at radius 3 is 2.68 bits per heavy atom. The third-order valence-electron chi connectivity index (χ3n) is 5.71. The number of aryl methyl sites for hydroxylation is 1. The summed E-state index contributed by atoms with van der Waals surface area (Å²) in [6.07, 6.45) is -2.28. The Balaban J connectivity index is 1.52. The Bertz CT molecular complexity index is 1050. The summed E-state index contributed by atoms with van der Waals surface area (Å²) in [5.74, 6) is 0.286. The summed E-state index contributed by atoms with van der Waals surface area (Å²) in [6, 6.07) is 9.74. The summed E-state index contributed by atoms with van der Waals surface area (Å²) >= 11 is 1.33. The van der Waals surface area contributed by atoms with Gasteiger partial charge in [-0.05, 0) is 54.8 Å². The highest BCUT2D eigenvalue weighted by atomic mass is 32.1. The molecule has 3 aromatic rings. The molecule has 8 heteroatoms. The molecule has 0 spiro atoms. The number of aromatic hydroxyl groups is 1. The molecule has 1 fully saturated rings. The van der Waals surface area contributed by atoms with Gasteiger partial charge in [0, 0.05) is 32.2 Å². The number of phenolic OH excluding ortho intramolecular Hbond substituents is 1. The normalized spacial score (nSPS) is 18.1. The Morgan fingerprint density at radius 1 is 1.16 bits per heavy atom. The third kappa shape index (κ3) is 4.96. The van der Waals surface area contributed by atoms with Crippen LogP contribution in [0, 0.1) is 6.92 Å². The molecule has 1 aliphatic heterocycles. The number of halogens is 3. The molecule has 0 bridgehead atoms. The van der Waals surface area contributed by atoms with E-state index in [0.29, 0.717) is 16.3 Å². The van der Waals surface area contributed by atoms with Gasteiger partial charge in [0.05, 0.1) is 15.8 Å². The van der Waals surface area contributed by atoms with Crippen LogP contribution in [0.5, 0.6) is 5.75 Å². The van der Waals surface area contributed by atoms with Crippen LogP contribution in [0.2, 0.25) is 0 Å². The number of benzene rings is 2. The van der Waals surface area contributed by atoms with E-state index in [1.54, 1.807) is 6.07 Å². The van der Waals surface area contributed by atoms with Gasteiger partial charge in [-0.3, -0.25) is 4.90 Å². The van der Waals surface area contributed by atoms with Crippen molar-refractivity contribution in [3.8, 4) is 5.75 Å². The van der Waals surface area contributed by atoms with Crippen LogP contribution in [0.1, 0.15) is 36.5 Å². The molecule has 2 aromatic carbocycles. The van der Waals surface area contributed by atoms with Gasteiger partial charge in [-0.2, -0.15) is 13.2 Å². The van der Waals surface area contributed by atoms with Crippen molar-refractivity contribution in [3.63, 3.8) is 0 Å². The van der Waals surface area contributed by atoms with Gasteiger partial charge in [-0.25, -0.2) is 4.98 Å². The highest BCUT2D eigenvalue weighted by molar-refractivity contribution is 7.22. The number of aromatic nitrogens is 1. The number of alkyl halides is 3. The molecule has 1 aliphatic rings. The fourth-order valence-corrected chi connectivity index (χ4v) is 5.31. The second-order valence-corrected chi connectivity index (χ2v) is 9.22. The van der Waals surface area contributed by atoms with Crippen LogP contribution in [0.15, 0.2) is 36.4 Å². The maximum atomic E-state index is 13.0. The smallest absolute Gasteiger partial charge is 0.416 e. The van der Waals surface area contributed by atoms with Gasteiger partial charge < -0.3 is 10.0 Å². The molecule has 0 radical (unpaired) electrons. The van der Waals surface area contributed by atoms with Gasteiger partial charge in [0.25, 0.3) is 0 Å². The maximum absolute atomic E-state index is 13.0. The molecule has 2 heterocycles. The minimum absolute atomic E-state index is 0.286. The first kappa shape index (κ1) is 21.9. The zero-order valence-electron chi connectivity index (χ0n) is 17.6. The standard InChI is InChI=1S/C23H26F3N3OS/c1-3-4-18-14-29(8-7-28(18)13-16-9-15(2)10-19(30)11-16)22-27-20-6-5-17(23(24,25)26)12-21(20)31-22/h5-6,9-12,18,30H,3-4,7-8,13-14H2,1-2H3/t18-/m1/s1. The van der Waals surface area contributed by atoms with Gasteiger partial charge >= 0.3 is 6.18 Å². The van der Waals surface area contributed by atoms with E-state index >= 15 is 0 Å². The van der Waals surface area contributed by atoms with E-state index in [4.69, 9.17) is 0 Å². The van der Waals surface area contributed by atoms with Gasteiger partial charge in [0.1, 0.15) is 5.75 Å². The number of anilines is 1. The average Bonchev–Trinajstić information content (AvgIpc) is 3.11. The van der Waals surface area contributed by atoms with E-state index in [0.717, 1.165) is 61.3 Å². The van der Waals surface area contributed by atoms with E-state index in [2.05, 4.69) is 27.8 Å². The molecule has 0 saturated carbocycles. The number of piperazine rings is 1. The first-order chi connectivity index (χ1) is 14.7. The lowest BCUT2D eigenvalue weighted by Crippen LogP contribution is -2.52. The van der Waals surface area contributed by atoms with Crippen LogP contribution in [0.4, 0.5) is 18.3 Å². The van der Waals surface area contributed by atoms with Crippen molar-refractivity contribution in [1.29, 1.82) is 0 Å². The number of hydrogen-bond acceptors (Lipinski definition) is 5. The van der Waals surface area contributed by atoms with Crippen molar-refractivity contribution in [2.45, 2.75) is 45.5 Å². The molecule has 166 valence electrons. The van der Waals surface area contributed by atoms with E-state index in [-0.39, 0.29) is 5.75 Å². The average molecular weight is 450 g/mol. The molecule has 4 rings (SSSR count). The highest BCUT2D eigenvalue weighted by Gasteiger charge is 2.32. The predicted molar refractivity (Wildman–Crippen MR) is 119 cm³/mol. The van der Waals surface area contributed by atoms with Gasteiger partial charge in [0.15, 0.2) is 5.13 Å². The topological polar surface area (TPSA) is 39.6 Å². The Labute approximate surface area is 183 Å². The highest BCUT2D eigenvalue weighted by Crippen LogP contribution is 2.36. The molecule has 0 amide bonds. The van der Waals surface area contributed by atoms with Crippen molar-refractivity contribution in [3.05, 3.63) is 53.1 Å². The fraction of sp³-hybridized carbons (Fsp3) is 0.435. The zero-order chi connectivity index (χ0) is 22.2. The van der Waals surface area contributed by atoms with E-state index in [9.17, 15) is 18.3 Å². The molecular weight excluding hydrogens is 423 g/mol. The largest absolute Gasteiger partial charge is 0.508 e. The summed E-state index contributed by atoms with van der Waals surface area (Å²) < 4.78 is 39.7. The van der Waals surface area contributed by atoms with Crippen LogP contribution >= 0.6 is 11.3 Å². The van der Waals surface area contributed by atoms with Crippen LogP contribution in [0.25, 0.3) is 10.2 Å². The van der Waals surface area contributed by atoms with Gasteiger partial charge in [0.2, 0.25) is 0 Å². The summed E-state index contributed by atoms with van der Waals surface area (Å²) in [7, 11) is 0. The van der Waals surface area contributed by atoms with Crippen molar-refractivity contribution >= 4 is 26.7 Å². The molecule has 31 heavy (non-hydrogen) atoms. The number of rotatable bonds is 5. The summed E-state index contributed by atoms with van der Waals surface area (Å²) in [5.41, 5.74) is 2.10. The number of thiazole rings is 1. The SMILES string of the molecule is CCC[C@@H]1CN(c2nc3ccc(C(F)(F)F)cc3s2)CCN1Cc1cc(C)cc(O)c1. The summed E-state index contributed by atoms with van der Waals surface area (Å²) in [4.78, 5) is 9.24. The van der Waals surface area contributed by atoms with Crippen molar-refractivity contribution in [2.24, 2.45) is 0 Å². The van der Waals surface area contributed by atoms with Gasteiger partial charge in [-0.15, -0.1) is 0 Å². The lowest BCUT2D eigenvalue weighted by molar-refractivity contribution is -0.137. The molecule has 4 nitrogen and oxygen atoms in total. The minimum atomic E-state index is -4.35. The van der Waals surface area contributed by atoms with Crippen molar-refractivity contribution < 1.29 is 18.3 Å². The van der Waals surface area contributed by atoms with Crippen LogP contribution in [-0.4, -0.2) is 40.7 Å². The molecular formula is C23H26F3N3OS. The molecule has 1 N–H and O–H groups in total. The third-order valence-corrected chi connectivity index (χ3v) is 6.79. The number of fused-ring (bicyclic) bond motifs is 1. The fourth-order valence-electron chi connectivity index (χ4n) is 4.27. The first-order valence-corrected chi connectivity index (χ1v) is 11.3. The quantitative estimate of drug-likeness (QED) is 0.533. The Hall–Kier alpha value is -2.32. The Kier molecular flexibility index (Phi) is 6.12. The van der Waals surface area contributed by atoms with E-state index < -0.39 is 11.7 Å². The summed E-state index contributed by atoms with van der Waals surface area (Å²) in [6.45, 7) is 7.29. The number of phenols is 1. The minimum Gasteiger partial charge on any atom is -0.508 e. The van der Waals surface area contributed by atoms with Crippen LogP contribution in [0.3, 0.4) is 0 Å². The van der Waals surface area contributed by atoms with Crippen LogP contribution in [-0.2, 0) is 12.7 Å². The summed E-state index contributed by atoms with van der Waals surface area (Å²) in [5, 5.41) is 10.7.